The van der Waals surface area contributed by atoms with Crippen LogP contribution in [-0.4, -0.2) is 90.3 Å². The van der Waals surface area contributed by atoms with Crippen LogP contribution in [0.4, 0.5) is 0 Å². The summed E-state index contributed by atoms with van der Waals surface area (Å²) in [5.41, 5.74) is 0.114. The maximum Gasteiger partial charge on any atom is 0.335 e. The third kappa shape index (κ3) is 16.1. The first-order valence-electron chi connectivity index (χ1n) is 13.3. The second kappa shape index (κ2) is 20.1. The largest absolute Gasteiger partial charge is 0.494 e. The molecule has 41 heavy (non-hydrogen) atoms. The van der Waals surface area contributed by atoms with E-state index in [9.17, 15) is 33.9 Å². The minimum Gasteiger partial charge on any atom is -0.494 e. The van der Waals surface area contributed by atoms with Gasteiger partial charge in [-0.25, -0.2) is 4.79 Å². The minimum absolute atomic E-state index is 0.0597. The van der Waals surface area contributed by atoms with Crippen LogP contribution < -0.4 is 10.1 Å². The van der Waals surface area contributed by atoms with Crippen LogP contribution in [0.3, 0.4) is 0 Å². The van der Waals surface area contributed by atoms with Crippen molar-refractivity contribution in [1.82, 2.24) is 5.32 Å². The second-order valence-corrected chi connectivity index (χ2v) is 9.33. The smallest absolute Gasteiger partial charge is 0.335 e. The topological polar surface area (TPSA) is 203 Å². The van der Waals surface area contributed by atoms with Crippen LogP contribution in [0.1, 0.15) is 68.1 Å². The molecule has 1 amide bonds. The molecule has 0 saturated carbocycles. The van der Waals surface area contributed by atoms with Gasteiger partial charge >= 0.3 is 17.9 Å². The van der Waals surface area contributed by atoms with Crippen molar-refractivity contribution in [2.75, 3.05) is 33.5 Å². The van der Waals surface area contributed by atoms with Crippen molar-refractivity contribution in [3.05, 3.63) is 29.8 Å². The van der Waals surface area contributed by atoms with Crippen molar-refractivity contribution < 1.29 is 58.3 Å². The number of aromatic carboxylic acids is 1. The zero-order chi connectivity index (χ0) is 30.6. The van der Waals surface area contributed by atoms with Crippen molar-refractivity contribution in [3.63, 3.8) is 0 Å². The van der Waals surface area contributed by atoms with Crippen LogP contribution in [0.25, 0.3) is 0 Å². The van der Waals surface area contributed by atoms with Gasteiger partial charge in [0.1, 0.15) is 11.5 Å². The van der Waals surface area contributed by atoms with Crippen LogP contribution in [0.15, 0.2) is 24.3 Å². The van der Waals surface area contributed by atoms with E-state index in [4.69, 9.17) is 24.4 Å². The summed E-state index contributed by atoms with van der Waals surface area (Å²) in [4.78, 5) is 70.9. The zero-order valence-corrected chi connectivity index (χ0v) is 23.2. The molecule has 2 atom stereocenters. The van der Waals surface area contributed by atoms with Crippen molar-refractivity contribution >= 4 is 35.4 Å². The Morgan fingerprint density at radius 2 is 1.49 bits per heavy atom. The molecule has 13 nitrogen and oxygen atoms in total. The summed E-state index contributed by atoms with van der Waals surface area (Å²) >= 11 is 0. The lowest BCUT2D eigenvalue weighted by Gasteiger charge is -2.18. The van der Waals surface area contributed by atoms with Gasteiger partial charge in [-0.1, -0.05) is 0 Å². The molecule has 0 radical (unpaired) electrons. The Morgan fingerprint density at radius 3 is 2.10 bits per heavy atom. The van der Waals surface area contributed by atoms with Gasteiger partial charge in [-0.15, -0.1) is 0 Å². The Hall–Kier alpha value is -3.84. The van der Waals surface area contributed by atoms with Crippen LogP contribution >= 0.6 is 0 Å². The summed E-state index contributed by atoms with van der Waals surface area (Å²) in [5.74, 6) is -5.34. The molecule has 0 aromatic heterocycles. The fourth-order valence-corrected chi connectivity index (χ4v) is 3.76. The van der Waals surface area contributed by atoms with E-state index in [0.29, 0.717) is 38.4 Å². The number of methoxy groups -OCH3 is 1. The van der Waals surface area contributed by atoms with Crippen molar-refractivity contribution in [3.8, 4) is 5.75 Å². The minimum atomic E-state index is -1.23. The van der Waals surface area contributed by atoms with Gasteiger partial charge in [-0.3, -0.25) is 24.0 Å². The average Bonchev–Trinajstić information content (AvgIpc) is 2.93. The van der Waals surface area contributed by atoms with Gasteiger partial charge in [0.2, 0.25) is 5.91 Å². The molecule has 0 saturated heterocycles. The Morgan fingerprint density at radius 1 is 0.805 bits per heavy atom. The number of carbonyl (C=O) groups is 6. The fraction of sp³-hybridized carbons (Fsp3) is 0.571. The molecule has 13 heteroatoms. The standard InChI is InChI=1S/C28H39NO12/c1-39-16-17-40-14-3-5-24(31)23(11-13-26(33)34)29-25(32)12-8-20(28(37)38)18-21(30)4-2-15-41-22-9-6-19(7-10-22)27(35)36/h6-7,9-10,20,23H,2-5,8,11-18H2,1H3,(H,29,32)(H,33,34)(H,35,36)(H,37,38). The molecule has 0 aliphatic rings. The third-order valence-corrected chi connectivity index (χ3v) is 6.03. The van der Waals surface area contributed by atoms with E-state index >= 15 is 0 Å². The summed E-state index contributed by atoms with van der Waals surface area (Å²) in [5, 5.41) is 29.9. The predicted octanol–water partition coefficient (Wildman–Crippen LogP) is 2.35. The molecule has 2 unspecified atom stereocenters. The van der Waals surface area contributed by atoms with E-state index in [0.717, 1.165) is 0 Å². The molecule has 0 spiro atoms. The number of amides is 1. The maximum absolute atomic E-state index is 12.6. The molecule has 1 rings (SSSR count). The molecular formula is C28H39NO12. The zero-order valence-electron chi connectivity index (χ0n) is 23.2. The number of benzene rings is 1. The Bertz CT molecular complexity index is 1010. The summed E-state index contributed by atoms with van der Waals surface area (Å²) in [7, 11) is 1.53. The van der Waals surface area contributed by atoms with Crippen LogP contribution in [0.2, 0.25) is 0 Å². The third-order valence-electron chi connectivity index (χ3n) is 6.03. The molecule has 0 fully saturated rings. The SMILES string of the molecule is COCCOCCCC(=O)C(CCC(=O)O)NC(=O)CCC(CC(=O)CCCOc1ccc(C(=O)O)cc1)C(=O)O. The van der Waals surface area contributed by atoms with Crippen molar-refractivity contribution in [1.29, 1.82) is 0 Å². The summed E-state index contributed by atoms with van der Waals surface area (Å²) < 4.78 is 15.6. The lowest BCUT2D eigenvalue weighted by Crippen LogP contribution is -2.41. The number of ketones is 2. The number of carboxylic acid groups (broad SMARTS) is 3. The molecule has 0 aliphatic heterocycles. The molecule has 0 heterocycles. The fourth-order valence-electron chi connectivity index (χ4n) is 3.76. The van der Waals surface area contributed by atoms with E-state index in [1.165, 1.54) is 31.4 Å². The Kier molecular flexibility index (Phi) is 17.2. The number of hydrogen-bond donors (Lipinski definition) is 4. The molecular weight excluding hydrogens is 542 g/mol. The highest BCUT2D eigenvalue weighted by molar-refractivity contribution is 5.90. The normalized spacial score (nSPS) is 12.2. The van der Waals surface area contributed by atoms with Crippen LogP contribution in [0, 0.1) is 5.92 Å². The number of rotatable bonds is 24. The summed E-state index contributed by atoms with van der Waals surface area (Å²) in [6.07, 6.45) is -0.263. The molecule has 228 valence electrons. The van der Waals surface area contributed by atoms with Gasteiger partial charge < -0.3 is 34.8 Å². The summed E-state index contributed by atoms with van der Waals surface area (Å²) in [6.45, 7) is 1.25. The first-order valence-corrected chi connectivity index (χ1v) is 13.3. The first-order chi connectivity index (χ1) is 19.5. The van der Waals surface area contributed by atoms with Gasteiger partial charge in [0.05, 0.1) is 37.3 Å². The van der Waals surface area contributed by atoms with E-state index in [2.05, 4.69) is 5.32 Å². The predicted molar refractivity (Wildman–Crippen MR) is 144 cm³/mol. The van der Waals surface area contributed by atoms with Gasteiger partial charge in [0.15, 0.2) is 5.78 Å². The van der Waals surface area contributed by atoms with E-state index in [1.54, 1.807) is 0 Å². The van der Waals surface area contributed by atoms with Gasteiger partial charge in [-0.05, 0) is 49.9 Å². The first kappa shape index (κ1) is 35.2. The average molecular weight is 582 g/mol. The number of carboxylic acids is 3. The number of aliphatic carboxylic acids is 2. The monoisotopic (exact) mass is 581 g/mol. The Balaban J connectivity index is 2.48. The molecule has 1 aromatic rings. The second-order valence-electron chi connectivity index (χ2n) is 9.33. The lowest BCUT2D eigenvalue weighted by molar-refractivity contribution is -0.144. The van der Waals surface area contributed by atoms with Gasteiger partial charge in [0.25, 0.3) is 0 Å². The number of nitrogens with one attached hydrogen (secondary N) is 1. The van der Waals surface area contributed by atoms with E-state index < -0.39 is 35.8 Å². The molecule has 1 aromatic carbocycles. The molecule has 4 N–H and O–H groups in total. The highest BCUT2D eigenvalue weighted by Gasteiger charge is 2.25. The highest BCUT2D eigenvalue weighted by Crippen LogP contribution is 2.16. The van der Waals surface area contributed by atoms with Crippen molar-refractivity contribution in [2.24, 2.45) is 5.92 Å². The molecule has 0 aliphatic carbocycles. The quantitative estimate of drug-likeness (QED) is 0.130. The highest BCUT2D eigenvalue weighted by atomic mass is 16.5. The summed E-state index contributed by atoms with van der Waals surface area (Å²) in [6, 6.07) is 4.75. The van der Waals surface area contributed by atoms with E-state index in [-0.39, 0.29) is 68.7 Å². The van der Waals surface area contributed by atoms with Crippen molar-refractivity contribution in [2.45, 2.75) is 63.8 Å². The van der Waals surface area contributed by atoms with Crippen LogP contribution in [-0.2, 0) is 33.4 Å². The lowest BCUT2D eigenvalue weighted by atomic mass is 9.95. The van der Waals surface area contributed by atoms with E-state index in [1.807, 2.05) is 0 Å². The molecule has 0 bridgehead atoms. The maximum atomic E-state index is 12.6. The number of ether oxygens (including phenoxy) is 3. The number of Topliss-reactive ketones (excluding diaryl/α,β-unsaturated/α-hetero) is 2. The Labute approximate surface area is 238 Å². The number of carbonyl (C=O) groups excluding carboxylic acids is 3. The number of hydrogen-bond acceptors (Lipinski definition) is 9. The van der Waals surface area contributed by atoms with Crippen LogP contribution in [0.5, 0.6) is 5.75 Å². The van der Waals surface area contributed by atoms with Gasteiger partial charge in [-0.2, -0.15) is 0 Å². The van der Waals surface area contributed by atoms with Gasteiger partial charge in [0, 0.05) is 45.8 Å².